The van der Waals surface area contributed by atoms with E-state index in [1.165, 1.54) is 18.2 Å². The smallest absolute Gasteiger partial charge is 0.277 e. The van der Waals surface area contributed by atoms with E-state index in [9.17, 15) is 19.1 Å². The molecular weight excluding hydrogens is 355 g/mol. The third kappa shape index (κ3) is 6.43. The van der Waals surface area contributed by atoms with E-state index < -0.39 is 24.3 Å². The predicted molar refractivity (Wildman–Crippen MR) is 93.8 cm³/mol. The van der Waals surface area contributed by atoms with Gasteiger partial charge in [0, 0.05) is 0 Å². The average Bonchev–Trinajstić information content (AvgIpc) is 2.67. The number of amides is 1. The van der Waals surface area contributed by atoms with Gasteiger partial charge in [0.2, 0.25) is 0 Å². The topological polar surface area (TPSA) is 100 Å². The molecule has 1 N–H and O–H groups in total. The number of carbonyl (C=O) groups is 2. The first kappa shape index (κ1) is 19.9. The second-order valence-electron chi connectivity index (χ2n) is 5.35. The van der Waals surface area contributed by atoms with Crippen LogP contribution < -0.4 is 20.0 Å². The van der Waals surface area contributed by atoms with Crippen molar-refractivity contribution in [2.45, 2.75) is 13.3 Å². The molecule has 0 saturated heterocycles. The highest BCUT2D eigenvalue weighted by atomic mass is 19.1. The molecule has 0 saturated carbocycles. The van der Waals surface area contributed by atoms with Crippen LogP contribution in [0.25, 0.3) is 0 Å². The molecule has 0 aliphatic rings. The quantitative estimate of drug-likeness (QED) is 0.527. The molecular formula is C19H18FN2O5-. The fourth-order valence-corrected chi connectivity index (χ4v) is 2.10. The lowest BCUT2D eigenvalue weighted by molar-refractivity contribution is -0.307. The number of hydrogen-bond donors (Lipinski definition) is 1. The van der Waals surface area contributed by atoms with Gasteiger partial charge < -0.3 is 19.4 Å². The Kier molecular flexibility index (Phi) is 7.30. The number of rotatable bonds is 9. The molecule has 0 aromatic heterocycles. The summed E-state index contributed by atoms with van der Waals surface area (Å²) in [5, 5.41) is 14.4. The summed E-state index contributed by atoms with van der Waals surface area (Å²) >= 11 is 0. The lowest BCUT2D eigenvalue weighted by atomic mass is 10.1. The molecule has 2 rings (SSSR count). The number of carboxylic acids is 1. The van der Waals surface area contributed by atoms with Crippen molar-refractivity contribution in [2.75, 3.05) is 13.2 Å². The molecule has 0 radical (unpaired) electrons. The van der Waals surface area contributed by atoms with E-state index in [2.05, 4.69) is 10.5 Å². The van der Waals surface area contributed by atoms with Crippen LogP contribution in [-0.2, 0) is 9.59 Å². The minimum absolute atomic E-state index is 0.0144. The molecule has 0 heterocycles. The standard InChI is InChI=1S/C19H19FN2O5/c1-2-16(13-7-9-14(10-8-13)26-12-19(24)25)21-22-18(23)11-27-17-6-4-3-5-15(17)20/h3-10H,2,11-12H2,1H3,(H,22,23)(H,24,25)/p-1/b21-16-. The zero-order chi connectivity index (χ0) is 19.6. The molecule has 0 fully saturated rings. The average molecular weight is 373 g/mol. The Morgan fingerprint density at radius 2 is 1.78 bits per heavy atom. The summed E-state index contributed by atoms with van der Waals surface area (Å²) in [6.45, 7) is 0.949. The number of benzene rings is 2. The molecule has 142 valence electrons. The van der Waals surface area contributed by atoms with E-state index in [1.54, 1.807) is 30.3 Å². The molecule has 27 heavy (non-hydrogen) atoms. The molecule has 2 aromatic rings. The second-order valence-corrected chi connectivity index (χ2v) is 5.35. The van der Waals surface area contributed by atoms with Crippen LogP contribution in [-0.4, -0.2) is 30.8 Å². The van der Waals surface area contributed by atoms with E-state index >= 15 is 0 Å². The van der Waals surface area contributed by atoms with Gasteiger partial charge >= 0.3 is 0 Å². The first-order valence-electron chi connectivity index (χ1n) is 8.15. The van der Waals surface area contributed by atoms with Gasteiger partial charge in [-0.15, -0.1) is 0 Å². The Balaban J connectivity index is 1.92. The maximum absolute atomic E-state index is 13.4. The Labute approximate surface area is 155 Å². The molecule has 0 aliphatic carbocycles. The van der Waals surface area contributed by atoms with Crippen molar-refractivity contribution in [3.8, 4) is 11.5 Å². The molecule has 0 spiro atoms. The van der Waals surface area contributed by atoms with Crippen LogP contribution in [0.4, 0.5) is 4.39 Å². The van der Waals surface area contributed by atoms with Crippen LogP contribution in [0.2, 0.25) is 0 Å². The lowest BCUT2D eigenvalue weighted by Gasteiger charge is -2.09. The maximum Gasteiger partial charge on any atom is 0.277 e. The van der Waals surface area contributed by atoms with Crippen LogP contribution in [0.5, 0.6) is 11.5 Å². The summed E-state index contributed by atoms with van der Waals surface area (Å²) in [4.78, 5) is 22.2. The number of hydrogen-bond acceptors (Lipinski definition) is 6. The Bertz CT molecular complexity index is 821. The molecule has 0 aliphatic heterocycles. The molecule has 7 nitrogen and oxygen atoms in total. The van der Waals surface area contributed by atoms with Gasteiger partial charge in [-0.25, -0.2) is 9.82 Å². The SMILES string of the molecule is CC/C(=N/NC(=O)COc1ccccc1F)c1ccc(OCC(=O)[O-])cc1. The largest absolute Gasteiger partial charge is 0.546 e. The fourth-order valence-electron chi connectivity index (χ4n) is 2.10. The molecule has 8 heteroatoms. The van der Waals surface area contributed by atoms with Gasteiger partial charge in [-0.3, -0.25) is 4.79 Å². The molecule has 1 amide bonds. The van der Waals surface area contributed by atoms with Gasteiger partial charge in [-0.2, -0.15) is 5.10 Å². The Morgan fingerprint density at radius 3 is 2.41 bits per heavy atom. The van der Waals surface area contributed by atoms with Gasteiger partial charge in [-0.1, -0.05) is 19.1 Å². The van der Waals surface area contributed by atoms with E-state index in [-0.39, 0.29) is 12.4 Å². The fraction of sp³-hybridized carbons (Fsp3) is 0.211. The summed E-state index contributed by atoms with van der Waals surface area (Å²) in [6, 6.07) is 12.3. The van der Waals surface area contributed by atoms with Gasteiger partial charge in [0.1, 0.15) is 12.4 Å². The van der Waals surface area contributed by atoms with Crippen LogP contribution in [0.1, 0.15) is 18.9 Å². The van der Waals surface area contributed by atoms with Crippen molar-refractivity contribution >= 4 is 17.6 Å². The van der Waals surface area contributed by atoms with Gasteiger partial charge in [0.25, 0.3) is 5.91 Å². The van der Waals surface area contributed by atoms with Crippen molar-refractivity contribution in [3.63, 3.8) is 0 Å². The predicted octanol–water partition coefficient (Wildman–Crippen LogP) is 1.26. The number of carboxylic acid groups (broad SMARTS) is 1. The van der Waals surface area contributed by atoms with Crippen molar-refractivity contribution in [3.05, 3.63) is 59.9 Å². The van der Waals surface area contributed by atoms with Gasteiger partial charge in [0.05, 0.1) is 11.7 Å². The maximum atomic E-state index is 13.4. The summed E-state index contributed by atoms with van der Waals surface area (Å²) in [5.41, 5.74) is 3.69. The zero-order valence-corrected chi connectivity index (χ0v) is 14.6. The first-order valence-corrected chi connectivity index (χ1v) is 8.15. The van der Waals surface area contributed by atoms with Crippen LogP contribution in [0, 0.1) is 5.82 Å². The highest BCUT2D eigenvalue weighted by Gasteiger charge is 2.07. The number of aliphatic carboxylic acids is 1. The number of halogens is 1. The van der Waals surface area contributed by atoms with Crippen LogP contribution in [0.3, 0.4) is 0 Å². The number of nitrogens with zero attached hydrogens (tertiary/aromatic N) is 1. The highest BCUT2D eigenvalue weighted by molar-refractivity contribution is 6.01. The van der Waals surface area contributed by atoms with Crippen molar-refractivity contribution < 1.29 is 28.6 Å². The summed E-state index contributed by atoms with van der Waals surface area (Å²) < 4.78 is 23.5. The van der Waals surface area contributed by atoms with E-state index in [1.807, 2.05) is 6.92 Å². The zero-order valence-electron chi connectivity index (χ0n) is 14.6. The Hall–Kier alpha value is -3.42. The van der Waals surface area contributed by atoms with Crippen molar-refractivity contribution in [1.82, 2.24) is 5.43 Å². The third-order valence-electron chi connectivity index (χ3n) is 3.39. The number of carbonyl (C=O) groups excluding carboxylic acids is 2. The van der Waals surface area contributed by atoms with E-state index in [0.29, 0.717) is 17.9 Å². The minimum Gasteiger partial charge on any atom is -0.546 e. The number of para-hydroxylation sites is 1. The number of ether oxygens (including phenoxy) is 2. The van der Waals surface area contributed by atoms with Crippen molar-refractivity contribution in [1.29, 1.82) is 0 Å². The highest BCUT2D eigenvalue weighted by Crippen LogP contribution is 2.15. The molecule has 0 unspecified atom stereocenters. The number of nitrogens with one attached hydrogen (secondary N) is 1. The second kappa shape index (κ2) is 9.91. The van der Waals surface area contributed by atoms with E-state index in [4.69, 9.17) is 9.47 Å². The Morgan fingerprint density at radius 1 is 1.07 bits per heavy atom. The number of hydrazone groups is 1. The van der Waals surface area contributed by atoms with E-state index in [0.717, 1.165) is 5.56 Å². The van der Waals surface area contributed by atoms with Crippen LogP contribution in [0.15, 0.2) is 53.6 Å². The molecule has 0 bridgehead atoms. The molecule has 2 aromatic carbocycles. The summed E-state index contributed by atoms with van der Waals surface area (Å²) in [6.07, 6.45) is 0.535. The monoisotopic (exact) mass is 373 g/mol. The van der Waals surface area contributed by atoms with Crippen molar-refractivity contribution in [2.24, 2.45) is 5.10 Å². The third-order valence-corrected chi connectivity index (χ3v) is 3.39. The summed E-state index contributed by atoms with van der Waals surface area (Å²) in [7, 11) is 0. The van der Waals surface area contributed by atoms with Gasteiger partial charge in [0.15, 0.2) is 18.2 Å². The van der Waals surface area contributed by atoms with Gasteiger partial charge in [-0.05, 0) is 48.4 Å². The normalized spacial score (nSPS) is 11.0. The lowest BCUT2D eigenvalue weighted by Crippen LogP contribution is -2.28. The minimum atomic E-state index is -1.31. The molecule has 0 atom stereocenters. The van der Waals surface area contributed by atoms with Crippen LogP contribution >= 0.6 is 0 Å². The first-order chi connectivity index (χ1) is 13.0. The summed E-state index contributed by atoms with van der Waals surface area (Å²) in [5.74, 6) is -2.03.